The Kier molecular flexibility index (Phi) is 52.9. The minimum atomic E-state index is -0.787. The summed E-state index contributed by atoms with van der Waals surface area (Å²) in [6.07, 6.45) is 74.3. The molecule has 0 aliphatic heterocycles. The Morgan fingerprint density at radius 1 is 0.309 bits per heavy atom. The second kappa shape index (κ2) is 55.9. The zero-order valence-electron chi connectivity index (χ0n) is 44.3. The molecule has 0 saturated carbocycles. The summed E-state index contributed by atoms with van der Waals surface area (Å²) in [5, 5.41) is 0. The third kappa shape index (κ3) is 53.3. The molecule has 0 fully saturated rings. The van der Waals surface area contributed by atoms with E-state index in [2.05, 4.69) is 118 Å². The van der Waals surface area contributed by atoms with Crippen LogP contribution in [0.25, 0.3) is 0 Å². The lowest BCUT2D eigenvalue weighted by Gasteiger charge is -2.18. The van der Waals surface area contributed by atoms with E-state index in [0.29, 0.717) is 19.3 Å². The van der Waals surface area contributed by atoms with Gasteiger partial charge in [-0.15, -0.1) is 0 Å². The highest BCUT2D eigenvalue weighted by molar-refractivity contribution is 5.71. The van der Waals surface area contributed by atoms with Crippen molar-refractivity contribution >= 4 is 17.9 Å². The van der Waals surface area contributed by atoms with Gasteiger partial charge in [-0.1, -0.05) is 240 Å². The Morgan fingerprint density at radius 2 is 0.574 bits per heavy atom. The first-order valence-corrected chi connectivity index (χ1v) is 28.2. The van der Waals surface area contributed by atoms with Gasteiger partial charge < -0.3 is 14.2 Å². The van der Waals surface area contributed by atoms with Gasteiger partial charge in [-0.2, -0.15) is 0 Å². The molecule has 1 atom stereocenters. The summed E-state index contributed by atoms with van der Waals surface area (Å²) in [5.74, 6) is -0.920. The lowest BCUT2D eigenvalue weighted by atomic mass is 10.0. The van der Waals surface area contributed by atoms with Crippen LogP contribution in [-0.2, 0) is 28.6 Å². The first-order chi connectivity index (χ1) is 33.5. The molecule has 0 spiro atoms. The molecule has 0 aromatic carbocycles. The third-order valence-electron chi connectivity index (χ3n) is 11.8. The quantitative estimate of drug-likeness (QED) is 0.0262. The van der Waals surface area contributed by atoms with E-state index < -0.39 is 6.10 Å². The highest BCUT2D eigenvalue weighted by Gasteiger charge is 2.19. The van der Waals surface area contributed by atoms with E-state index in [1.165, 1.54) is 96.3 Å². The van der Waals surface area contributed by atoms with E-state index in [0.717, 1.165) is 122 Å². The summed E-state index contributed by atoms with van der Waals surface area (Å²) in [4.78, 5) is 37.8. The van der Waals surface area contributed by atoms with Crippen molar-refractivity contribution in [2.24, 2.45) is 0 Å². The van der Waals surface area contributed by atoms with Gasteiger partial charge in [-0.3, -0.25) is 14.4 Å². The number of ether oxygens (including phenoxy) is 3. The number of hydrogen-bond donors (Lipinski definition) is 0. The van der Waals surface area contributed by atoms with Gasteiger partial charge in [0.2, 0.25) is 0 Å². The highest BCUT2D eigenvalue weighted by atomic mass is 16.6. The van der Waals surface area contributed by atoms with Crippen LogP contribution in [0.3, 0.4) is 0 Å². The predicted octanol–water partition coefficient (Wildman–Crippen LogP) is 18.9. The molecule has 0 aliphatic carbocycles. The average molecular weight is 946 g/mol. The summed E-state index contributed by atoms with van der Waals surface area (Å²) >= 11 is 0. The molecule has 0 saturated heterocycles. The van der Waals surface area contributed by atoms with Gasteiger partial charge in [0.15, 0.2) is 6.10 Å². The van der Waals surface area contributed by atoms with Gasteiger partial charge in [0, 0.05) is 19.3 Å². The Balaban J connectivity index is 4.13. The van der Waals surface area contributed by atoms with E-state index in [1.54, 1.807) is 0 Å². The van der Waals surface area contributed by atoms with E-state index in [4.69, 9.17) is 14.2 Å². The van der Waals surface area contributed by atoms with Crippen molar-refractivity contribution in [3.8, 4) is 0 Å². The van der Waals surface area contributed by atoms with Crippen molar-refractivity contribution in [1.82, 2.24) is 0 Å². The average Bonchev–Trinajstić information content (AvgIpc) is 3.34. The fourth-order valence-electron chi connectivity index (χ4n) is 7.66. The molecule has 6 heteroatoms. The van der Waals surface area contributed by atoms with Crippen LogP contribution in [0.4, 0.5) is 0 Å². The molecule has 0 heterocycles. The van der Waals surface area contributed by atoms with Crippen molar-refractivity contribution in [2.45, 2.75) is 264 Å². The van der Waals surface area contributed by atoms with Crippen LogP contribution >= 0.6 is 0 Å². The second-order valence-corrected chi connectivity index (χ2v) is 18.4. The number of esters is 3. The van der Waals surface area contributed by atoms with Crippen molar-refractivity contribution in [2.75, 3.05) is 13.2 Å². The number of unbranched alkanes of at least 4 members (excludes halogenated alkanes) is 23. The molecular formula is C62H104O6. The molecule has 388 valence electrons. The molecule has 0 radical (unpaired) electrons. The minimum absolute atomic E-state index is 0.0869. The van der Waals surface area contributed by atoms with E-state index >= 15 is 0 Å². The monoisotopic (exact) mass is 945 g/mol. The minimum Gasteiger partial charge on any atom is -0.462 e. The summed E-state index contributed by atoms with van der Waals surface area (Å²) in [7, 11) is 0. The van der Waals surface area contributed by atoms with Crippen LogP contribution in [0.5, 0.6) is 0 Å². The van der Waals surface area contributed by atoms with Crippen molar-refractivity contribution in [1.29, 1.82) is 0 Å². The largest absolute Gasteiger partial charge is 0.462 e. The van der Waals surface area contributed by atoms with Gasteiger partial charge in [0.05, 0.1) is 0 Å². The second-order valence-electron chi connectivity index (χ2n) is 18.4. The summed E-state index contributed by atoms with van der Waals surface area (Å²) < 4.78 is 16.7. The smallest absolute Gasteiger partial charge is 0.306 e. The maximum Gasteiger partial charge on any atom is 0.306 e. The Bertz CT molecular complexity index is 1360. The van der Waals surface area contributed by atoms with Gasteiger partial charge >= 0.3 is 17.9 Å². The van der Waals surface area contributed by atoms with Gasteiger partial charge in [-0.25, -0.2) is 0 Å². The number of rotatable bonds is 50. The first-order valence-electron chi connectivity index (χ1n) is 28.2. The van der Waals surface area contributed by atoms with Crippen molar-refractivity contribution < 1.29 is 28.6 Å². The van der Waals surface area contributed by atoms with Gasteiger partial charge in [0.25, 0.3) is 0 Å². The molecule has 0 amide bonds. The van der Waals surface area contributed by atoms with Crippen molar-refractivity contribution in [3.63, 3.8) is 0 Å². The van der Waals surface area contributed by atoms with Crippen LogP contribution < -0.4 is 0 Å². The van der Waals surface area contributed by atoms with Gasteiger partial charge in [0.1, 0.15) is 13.2 Å². The third-order valence-corrected chi connectivity index (χ3v) is 11.8. The molecule has 6 nitrogen and oxygen atoms in total. The van der Waals surface area contributed by atoms with Gasteiger partial charge in [-0.05, 0) is 96.3 Å². The fraction of sp³-hybridized carbons (Fsp3) is 0.694. The molecular weight excluding hydrogens is 841 g/mol. The number of carbonyl (C=O) groups is 3. The number of allylic oxidation sites excluding steroid dienone is 16. The summed E-state index contributed by atoms with van der Waals surface area (Å²) in [6.45, 7) is 6.34. The zero-order valence-corrected chi connectivity index (χ0v) is 44.3. The molecule has 0 N–H and O–H groups in total. The number of carbonyl (C=O) groups excluding carboxylic acids is 3. The Hall–Kier alpha value is -3.67. The van der Waals surface area contributed by atoms with E-state index in [-0.39, 0.29) is 31.1 Å². The van der Waals surface area contributed by atoms with E-state index in [1.807, 2.05) is 0 Å². The topological polar surface area (TPSA) is 78.9 Å². The lowest BCUT2D eigenvalue weighted by molar-refractivity contribution is -0.167. The summed E-state index contributed by atoms with van der Waals surface area (Å²) in [6, 6.07) is 0. The van der Waals surface area contributed by atoms with Crippen molar-refractivity contribution in [3.05, 3.63) is 97.2 Å². The standard InChI is InChI=1S/C62H104O6/c1-4-7-10-13-16-18-20-22-24-26-27-28-29-30-31-32-33-34-35-37-38-40-42-44-46-49-52-55-61(64)67-58-59(57-66-60(63)54-51-48-15-12-9-6-3)68-62(65)56-53-50-47-45-43-41-39-36-25-23-21-19-17-14-11-8-5-2/h7-8,10-11,16-19,22-25,27-28,39,41,59H,4-6,9,12-15,20-21,26,29-38,40,42-58H2,1-3H3/b10-7-,11-8-,18-16-,19-17-,24-22-,25-23-,28-27-,41-39-. The molecule has 68 heavy (non-hydrogen) atoms. The van der Waals surface area contributed by atoms with Crippen LogP contribution in [0, 0.1) is 0 Å². The SMILES string of the molecule is CC/C=C\C/C=C\C/C=C\C/C=C\CCCCCCCCCCCCCCCCC(=O)OCC(COC(=O)CCCCCCCC)OC(=O)CCCCCC/C=C\C/C=C\C/C=C\C/C=C\CC. The Labute approximate surface area is 419 Å². The maximum absolute atomic E-state index is 12.8. The molecule has 0 bridgehead atoms. The molecule has 0 aromatic rings. The molecule has 0 aliphatic rings. The predicted molar refractivity (Wildman–Crippen MR) is 293 cm³/mol. The normalized spacial score (nSPS) is 12.8. The van der Waals surface area contributed by atoms with Crippen LogP contribution in [0.2, 0.25) is 0 Å². The highest BCUT2D eigenvalue weighted by Crippen LogP contribution is 2.15. The van der Waals surface area contributed by atoms with Crippen LogP contribution in [0.1, 0.15) is 258 Å². The number of hydrogen-bond acceptors (Lipinski definition) is 6. The molecule has 0 aromatic heterocycles. The molecule has 0 rings (SSSR count). The lowest BCUT2D eigenvalue weighted by Crippen LogP contribution is -2.30. The zero-order chi connectivity index (χ0) is 49.3. The first kappa shape index (κ1) is 64.3. The fourth-order valence-corrected chi connectivity index (χ4v) is 7.66. The van der Waals surface area contributed by atoms with Crippen LogP contribution in [-0.4, -0.2) is 37.2 Å². The maximum atomic E-state index is 12.8. The summed E-state index contributed by atoms with van der Waals surface area (Å²) in [5.41, 5.74) is 0. The molecule has 1 unspecified atom stereocenters. The van der Waals surface area contributed by atoms with Crippen LogP contribution in [0.15, 0.2) is 97.2 Å². The van der Waals surface area contributed by atoms with E-state index in [9.17, 15) is 14.4 Å². The Morgan fingerprint density at radius 3 is 0.897 bits per heavy atom.